The van der Waals surface area contributed by atoms with E-state index in [0.29, 0.717) is 0 Å². The van der Waals surface area contributed by atoms with Gasteiger partial charge in [0.15, 0.2) is 0 Å². The third kappa shape index (κ3) is 4.37. The van der Waals surface area contributed by atoms with Crippen molar-refractivity contribution in [2.75, 3.05) is 20.1 Å². The quantitative estimate of drug-likeness (QED) is 0.817. The molecule has 1 saturated heterocycles. The molecule has 26 heavy (non-hydrogen) atoms. The summed E-state index contributed by atoms with van der Waals surface area (Å²) in [6, 6.07) is 1.13. The van der Waals surface area contributed by atoms with Crippen LogP contribution in [0.15, 0.2) is 17.1 Å². The maximum Gasteiger partial charge on any atom is 0.407 e. The summed E-state index contributed by atoms with van der Waals surface area (Å²) in [6.45, 7) is 4.08. The van der Waals surface area contributed by atoms with Gasteiger partial charge in [0.05, 0.1) is 22.7 Å². The number of pyridine rings is 1. The molecular weight excluding hydrogens is 362 g/mol. The number of likely N-dealkylation sites (tertiary alicyclic amines) is 1. The summed E-state index contributed by atoms with van der Waals surface area (Å²) >= 11 is 6.08. The van der Waals surface area contributed by atoms with Gasteiger partial charge in [-0.25, -0.2) is 4.79 Å². The van der Waals surface area contributed by atoms with E-state index < -0.39 is 17.3 Å². The molecule has 1 fully saturated rings. The molecule has 2 heterocycles. The molecule has 0 bridgehead atoms. The van der Waals surface area contributed by atoms with Gasteiger partial charge in [-0.05, 0) is 26.7 Å². The highest BCUT2D eigenvalue weighted by atomic mass is 35.5. The Morgan fingerprint density at radius 3 is 2.42 bits per heavy atom. The number of piperidine rings is 1. The van der Waals surface area contributed by atoms with Crippen molar-refractivity contribution in [1.82, 2.24) is 14.4 Å². The van der Waals surface area contributed by atoms with Gasteiger partial charge in [0.2, 0.25) is 0 Å². The summed E-state index contributed by atoms with van der Waals surface area (Å²) in [7, 11) is 1.65. The first kappa shape index (κ1) is 20.3. The molecule has 0 spiro atoms. The molecule has 8 nitrogen and oxygen atoms in total. The van der Waals surface area contributed by atoms with Crippen molar-refractivity contribution in [3.63, 3.8) is 0 Å². The van der Waals surface area contributed by atoms with Gasteiger partial charge >= 0.3 is 6.09 Å². The van der Waals surface area contributed by atoms with Crippen LogP contribution in [0.25, 0.3) is 0 Å². The summed E-state index contributed by atoms with van der Waals surface area (Å²) in [4.78, 5) is 38.5. The summed E-state index contributed by atoms with van der Waals surface area (Å²) in [5, 5.41) is 19.8. The predicted octanol–water partition coefficient (Wildman–Crippen LogP) is 1.49. The SMILES string of the molecule is CC(C)N(C)C(=O)c1cn(CC2(O)CCN(C(=O)O)CC2)c(=O)cc1Cl. The summed E-state index contributed by atoms with van der Waals surface area (Å²) < 4.78 is 1.27. The minimum atomic E-state index is -1.21. The number of carboxylic acid groups (broad SMARTS) is 1. The summed E-state index contributed by atoms with van der Waals surface area (Å²) in [6.07, 6.45) is 0.765. The average molecular weight is 386 g/mol. The zero-order chi connectivity index (χ0) is 19.6. The zero-order valence-corrected chi connectivity index (χ0v) is 15.9. The van der Waals surface area contributed by atoms with Gasteiger partial charge in [0.25, 0.3) is 11.5 Å². The first-order valence-electron chi connectivity index (χ1n) is 8.41. The number of nitrogens with zero attached hydrogens (tertiary/aromatic N) is 3. The van der Waals surface area contributed by atoms with E-state index in [1.165, 1.54) is 26.6 Å². The Labute approximate surface area is 156 Å². The molecule has 0 saturated carbocycles. The molecule has 9 heteroatoms. The van der Waals surface area contributed by atoms with Gasteiger partial charge in [-0.15, -0.1) is 0 Å². The maximum atomic E-state index is 12.6. The van der Waals surface area contributed by atoms with Gasteiger partial charge in [0.1, 0.15) is 0 Å². The number of carbonyl (C=O) groups excluding carboxylic acids is 1. The topological polar surface area (TPSA) is 103 Å². The fraction of sp³-hybridized carbons (Fsp3) is 0.588. The number of amides is 2. The largest absolute Gasteiger partial charge is 0.465 e. The molecule has 144 valence electrons. The molecule has 0 aliphatic carbocycles. The number of rotatable bonds is 4. The van der Waals surface area contributed by atoms with Crippen LogP contribution in [-0.2, 0) is 6.54 Å². The lowest BCUT2D eigenvalue weighted by Gasteiger charge is -2.37. The number of hydrogen-bond acceptors (Lipinski definition) is 4. The average Bonchev–Trinajstić information content (AvgIpc) is 2.56. The lowest BCUT2D eigenvalue weighted by atomic mass is 9.91. The molecule has 1 aromatic rings. The van der Waals surface area contributed by atoms with Crippen LogP contribution in [0.4, 0.5) is 4.79 Å². The Bertz CT molecular complexity index is 753. The molecule has 1 aliphatic heterocycles. The number of aromatic nitrogens is 1. The van der Waals surface area contributed by atoms with Crippen LogP contribution in [0.3, 0.4) is 0 Å². The fourth-order valence-corrected chi connectivity index (χ4v) is 3.07. The molecule has 2 amide bonds. The first-order chi connectivity index (χ1) is 12.0. The summed E-state index contributed by atoms with van der Waals surface area (Å²) in [5.74, 6) is -0.313. The van der Waals surface area contributed by atoms with Crippen LogP contribution in [0.5, 0.6) is 0 Å². The first-order valence-corrected chi connectivity index (χ1v) is 8.79. The van der Waals surface area contributed by atoms with Crippen LogP contribution in [0.2, 0.25) is 5.02 Å². The molecule has 0 unspecified atom stereocenters. The van der Waals surface area contributed by atoms with Crippen LogP contribution in [-0.4, -0.2) is 68.4 Å². The van der Waals surface area contributed by atoms with Gasteiger partial charge in [-0.2, -0.15) is 0 Å². The van der Waals surface area contributed by atoms with Crippen molar-refractivity contribution >= 4 is 23.6 Å². The van der Waals surface area contributed by atoms with E-state index in [1.807, 2.05) is 13.8 Å². The second kappa shape index (κ2) is 7.67. The van der Waals surface area contributed by atoms with Crippen molar-refractivity contribution in [2.24, 2.45) is 0 Å². The molecular formula is C17H24ClN3O5. The van der Waals surface area contributed by atoms with Gasteiger partial charge in [0, 0.05) is 38.4 Å². The van der Waals surface area contributed by atoms with Gasteiger partial charge in [-0.1, -0.05) is 11.6 Å². The Morgan fingerprint density at radius 1 is 1.35 bits per heavy atom. The van der Waals surface area contributed by atoms with Crippen LogP contribution < -0.4 is 5.56 Å². The smallest absolute Gasteiger partial charge is 0.407 e. The second-order valence-corrected chi connectivity index (χ2v) is 7.41. The standard InChI is InChI=1S/C17H24ClN3O5/c1-11(2)19(3)15(23)12-9-21(14(22)8-13(12)18)10-17(26)4-6-20(7-5-17)16(24)25/h8-9,11,26H,4-7,10H2,1-3H3,(H,24,25). The Hall–Kier alpha value is -2.06. The van der Waals surface area contributed by atoms with E-state index in [-0.39, 0.29) is 55.0 Å². The molecule has 0 aromatic carbocycles. The number of halogens is 1. The third-order valence-electron chi connectivity index (χ3n) is 4.83. The molecule has 0 atom stereocenters. The van der Waals surface area contributed by atoms with Crippen molar-refractivity contribution in [1.29, 1.82) is 0 Å². The van der Waals surface area contributed by atoms with E-state index in [4.69, 9.17) is 16.7 Å². The van der Waals surface area contributed by atoms with E-state index in [0.717, 1.165) is 0 Å². The van der Waals surface area contributed by atoms with Gasteiger partial charge in [-0.3, -0.25) is 9.59 Å². The lowest BCUT2D eigenvalue weighted by Crippen LogP contribution is -2.49. The normalized spacial score (nSPS) is 16.6. The Kier molecular flexibility index (Phi) is 5.98. The number of hydrogen-bond donors (Lipinski definition) is 2. The fourth-order valence-electron chi connectivity index (χ4n) is 2.85. The van der Waals surface area contributed by atoms with Crippen LogP contribution in [0, 0.1) is 0 Å². The highest BCUT2D eigenvalue weighted by Gasteiger charge is 2.34. The highest BCUT2D eigenvalue weighted by molar-refractivity contribution is 6.33. The van der Waals surface area contributed by atoms with E-state index in [9.17, 15) is 19.5 Å². The molecule has 1 aliphatic rings. The van der Waals surface area contributed by atoms with Gasteiger partial charge < -0.3 is 24.6 Å². The van der Waals surface area contributed by atoms with Crippen LogP contribution in [0.1, 0.15) is 37.0 Å². The second-order valence-electron chi connectivity index (χ2n) is 7.00. The third-order valence-corrected chi connectivity index (χ3v) is 5.14. The van der Waals surface area contributed by atoms with E-state index in [2.05, 4.69) is 0 Å². The molecule has 0 radical (unpaired) electrons. The Morgan fingerprint density at radius 2 is 1.92 bits per heavy atom. The monoisotopic (exact) mass is 385 g/mol. The molecule has 2 rings (SSSR count). The van der Waals surface area contributed by atoms with Crippen molar-refractivity contribution < 1.29 is 19.8 Å². The van der Waals surface area contributed by atoms with E-state index in [1.54, 1.807) is 7.05 Å². The summed E-state index contributed by atoms with van der Waals surface area (Å²) in [5.41, 5.74) is -1.45. The van der Waals surface area contributed by atoms with Crippen LogP contribution >= 0.6 is 11.6 Å². The molecule has 2 N–H and O–H groups in total. The minimum absolute atomic E-state index is 0.0257. The van der Waals surface area contributed by atoms with E-state index >= 15 is 0 Å². The van der Waals surface area contributed by atoms with Crippen molar-refractivity contribution in [3.05, 3.63) is 33.2 Å². The maximum absolute atomic E-state index is 12.6. The molecule has 1 aromatic heterocycles. The minimum Gasteiger partial charge on any atom is -0.465 e. The van der Waals surface area contributed by atoms with Crippen molar-refractivity contribution in [3.8, 4) is 0 Å². The zero-order valence-electron chi connectivity index (χ0n) is 15.1. The Balaban J connectivity index is 2.25. The predicted molar refractivity (Wildman–Crippen MR) is 96.7 cm³/mol. The highest BCUT2D eigenvalue weighted by Crippen LogP contribution is 2.25. The lowest BCUT2D eigenvalue weighted by molar-refractivity contribution is -0.0303. The number of carbonyl (C=O) groups is 2. The van der Waals surface area contributed by atoms with Crippen molar-refractivity contribution in [2.45, 2.75) is 44.9 Å². The number of aliphatic hydroxyl groups is 1.